The van der Waals surface area contributed by atoms with E-state index in [4.69, 9.17) is 5.73 Å². The van der Waals surface area contributed by atoms with Gasteiger partial charge in [-0.3, -0.25) is 4.79 Å². The molecule has 18 heavy (non-hydrogen) atoms. The van der Waals surface area contributed by atoms with Crippen molar-refractivity contribution < 1.29 is 4.79 Å². The number of likely N-dealkylation sites (N-methyl/N-ethyl adjacent to an activating group) is 1. The summed E-state index contributed by atoms with van der Waals surface area (Å²) in [5, 5.41) is 0. The molecule has 0 radical (unpaired) electrons. The molecule has 0 heterocycles. The van der Waals surface area contributed by atoms with Gasteiger partial charge in [0.2, 0.25) is 5.91 Å². The minimum atomic E-state index is -0.758. The van der Waals surface area contributed by atoms with Crippen LogP contribution in [-0.2, 0) is 4.79 Å². The van der Waals surface area contributed by atoms with Gasteiger partial charge in [-0.25, -0.2) is 0 Å². The van der Waals surface area contributed by atoms with Crippen LogP contribution in [0.1, 0.15) is 37.8 Å². The molecule has 0 aliphatic heterocycles. The molecule has 1 aromatic rings. The Morgan fingerprint density at radius 3 is 2.00 bits per heavy atom. The van der Waals surface area contributed by atoms with Gasteiger partial charge in [-0.05, 0) is 49.9 Å². The normalized spacial score (nSPS) is 11.4. The fourth-order valence-corrected chi connectivity index (χ4v) is 2.15. The minimum absolute atomic E-state index is 0.0162. The van der Waals surface area contributed by atoms with E-state index in [1.807, 2.05) is 39.8 Å². The molecule has 3 heteroatoms. The molecule has 0 atom stereocenters. The molecular weight excluding hydrogens is 224 g/mol. The van der Waals surface area contributed by atoms with Gasteiger partial charge in [-0.15, -0.1) is 0 Å². The number of nitrogens with zero attached hydrogens (tertiary/aromatic N) is 1. The lowest BCUT2D eigenvalue weighted by Gasteiger charge is -2.31. The Morgan fingerprint density at radius 2 is 1.61 bits per heavy atom. The van der Waals surface area contributed by atoms with Crippen LogP contribution < -0.4 is 10.6 Å². The van der Waals surface area contributed by atoms with Gasteiger partial charge >= 0.3 is 0 Å². The van der Waals surface area contributed by atoms with Gasteiger partial charge in [0.15, 0.2) is 0 Å². The molecule has 2 N–H and O–H groups in total. The number of hydrogen-bond acceptors (Lipinski definition) is 2. The summed E-state index contributed by atoms with van der Waals surface area (Å²) in [5.41, 5.74) is 8.62. The molecule has 0 aliphatic rings. The maximum absolute atomic E-state index is 12.5. The van der Waals surface area contributed by atoms with E-state index < -0.39 is 5.54 Å². The topological polar surface area (TPSA) is 46.3 Å². The highest BCUT2D eigenvalue weighted by Gasteiger charge is 2.33. The summed E-state index contributed by atoms with van der Waals surface area (Å²) in [6.07, 6.45) is 1.30. The molecule has 0 aliphatic carbocycles. The summed E-state index contributed by atoms with van der Waals surface area (Å²) >= 11 is 0. The van der Waals surface area contributed by atoms with Gasteiger partial charge in [0.1, 0.15) is 0 Å². The highest BCUT2D eigenvalue weighted by molar-refractivity contribution is 5.99. The monoisotopic (exact) mass is 248 g/mol. The number of rotatable bonds is 4. The molecule has 3 nitrogen and oxygen atoms in total. The quantitative estimate of drug-likeness (QED) is 0.890. The Kier molecular flexibility index (Phi) is 4.52. The summed E-state index contributed by atoms with van der Waals surface area (Å²) in [6.45, 7) is 7.97. The number of anilines is 1. The fraction of sp³-hybridized carbons (Fsp3) is 0.533. The maximum atomic E-state index is 12.5. The largest absolute Gasteiger partial charge is 0.317 e. The van der Waals surface area contributed by atoms with Crippen molar-refractivity contribution in [1.82, 2.24) is 0 Å². The highest BCUT2D eigenvalue weighted by Crippen LogP contribution is 2.22. The first-order valence-corrected chi connectivity index (χ1v) is 6.49. The van der Waals surface area contributed by atoms with Crippen LogP contribution in [0.15, 0.2) is 18.2 Å². The standard InChI is InChI=1S/C15H24N2O/c1-6-15(16,7-2)14(18)17(5)13-9-11(3)8-12(4)10-13/h8-10H,6-7,16H2,1-5H3. The fourth-order valence-electron chi connectivity index (χ4n) is 2.15. The van der Waals surface area contributed by atoms with Gasteiger partial charge in [0.05, 0.1) is 5.54 Å². The van der Waals surface area contributed by atoms with E-state index in [9.17, 15) is 4.79 Å². The average Bonchev–Trinajstić information content (AvgIpc) is 2.34. The van der Waals surface area contributed by atoms with Crippen molar-refractivity contribution in [2.24, 2.45) is 5.73 Å². The van der Waals surface area contributed by atoms with Crippen LogP contribution in [0.3, 0.4) is 0 Å². The first kappa shape index (κ1) is 14.7. The smallest absolute Gasteiger partial charge is 0.246 e. The molecule has 0 unspecified atom stereocenters. The van der Waals surface area contributed by atoms with Gasteiger partial charge in [0.25, 0.3) is 0 Å². The molecule has 0 fully saturated rings. The second-order valence-electron chi connectivity index (χ2n) is 5.07. The second-order valence-corrected chi connectivity index (χ2v) is 5.07. The van der Waals surface area contributed by atoms with Crippen LogP contribution in [0.5, 0.6) is 0 Å². The number of carbonyl (C=O) groups is 1. The Labute approximate surface area is 110 Å². The molecule has 0 saturated heterocycles. The number of amides is 1. The Balaban J connectivity index is 3.06. The third-order valence-electron chi connectivity index (χ3n) is 3.59. The second kappa shape index (κ2) is 5.53. The van der Waals surface area contributed by atoms with Crippen molar-refractivity contribution in [2.75, 3.05) is 11.9 Å². The zero-order valence-electron chi connectivity index (χ0n) is 12.1. The number of nitrogens with two attached hydrogens (primary N) is 1. The molecule has 1 aromatic carbocycles. The Bertz CT molecular complexity index is 416. The van der Waals surface area contributed by atoms with E-state index in [1.165, 1.54) is 0 Å². The van der Waals surface area contributed by atoms with Crippen molar-refractivity contribution in [3.05, 3.63) is 29.3 Å². The Hall–Kier alpha value is -1.35. The summed E-state index contributed by atoms with van der Waals surface area (Å²) in [4.78, 5) is 14.1. The van der Waals surface area contributed by atoms with Gasteiger partial charge in [-0.1, -0.05) is 19.9 Å². The van der Waals surface area contributed by atoms with Crippen molar-refractivity contribution in [3.8, 4) is 0 Å². The molecule has 0 aromatic heterocycles. The van der Waals surface area contributed by atoms with Gasteiger partial charge < -0.3 is 10.6 Å². The zero-order valence-corrected chi connectivity index (χ0v) is 12.1. The predicted octanol–water partition coefficient (Wildman–Crippen LogP) is 2.78. The molecule has 1 amide bonds. The number of hydrogen-bond donors (Lipinski definition) is 1. The third-order valence-corrected chi connectivity index (χ3v) is 3.59. The highest BCUT2D eigenvalue weighted by atomic mass is 16.2. The maximum Gasteiger partial charge on any atom is 0.246 e. The van der Waals surface area contributed by atoms with Crippen LogP contribution in [0.25, 0.3) is 0 Å². The van der Waals surface area contributed by atoms with Crippen LogP contribution in [0, 0.1) is 13.8 Å². The summed E-state index contributed by atoms with van der Waals surface area (Å²) in [6, 6.07) is 6.12. The first-order chi connectivity index (χ1) is 8.34. The van der Waals surface area contributed by atoms with E-state index in [-0.39, 0.29) is 5.91 Å². The van der Waals surface area contributed by atoms with Crippen LogP contribution in [0.4, 0.5) is 5.69 Å². The molecule has 1 rings (SSSR count). The van der Waals surface area contributed by atoms with Gasteiger partial charge in [-0.2, -0.15) is 0 Å². The van der Waals surface area contributed by atoms with Crippen molar-refractivity contribution >= 4 is 11.6 Å². The zero-order chi connectivity index (χ0) is 13.9. The van der Waals surface area contributed by atoms with Crippen LogP contribution >= 0.6 is 0 Å². The lowest BCUT2D eigenvalue weighted by molar-refractivity contribution is -0.123. The number of aryl methyl sites for hydroxylation is 2. The summed E-state index contributed by atoms with van der Waals surface area (Å²) < 4.78 is 0. The van der Waals surface area contributed by atoms with E-state index in [0.29, 0.717) is 12.8 Å². The number of carbonyl (C=O) groups excluding carboxylic acids is 1. The molecule has 0 saturated carbocycles. The van der Waals surface area contributed by atoms with Gasteiger partial charge in [0, 0.05) is 12.7 Å². The number of benzene rings is 1. The lowest BCUT2D eigenvalue weighted by atomic mass is 9.92. The van der Waals surface area contributed by atoms with Crippen molar-refractivity contribution in [1.29, 1.82) is 0 Å². The van der Waals surface area contributed by atoms with E-state index in [1.54, 1.807) is 11.9 Å². The van der Waals surface area contributed by atoms with Crippen molar-refractivity contribution in [2.45, 2.75) is 46.1 Å². The van der Waals surface area contributed by atoms with Crippen LogP contribution in [0.2, 0.25) is 0 Å². The Morgan fingerprint density at radius 1 is 1.17 bits per heavy atom. The van der Waals surface area contributed by atoms with Crippen molar-refractivity contribution in [3.63, 3.8) is 0 Å². The molecule has 0 bridgehead atoms. The first-order valence-electron chi connectivity index (χ1n) is 6.49. The van der Waals surface area contributed by atoms with E-state index in [0.717, 1.165) is 16.8 Å². The van der Waals surface area contributed by atoms with E-state index >= 15 is 0 Å². The molecular formula is C15H24N2O. The SMILES string of the molecule is CCC(N)(CC)C(=O)N(C)c1cc(C)cc(C)c1. The van der Waals surface area contributed by atoms with Crippen LogP contribution in [-0.4, -0.2) is 18.5 Å². The average molecular weight is 248 g/mol. The summed E-state index contributed by atoms with van der Waals surface area (Å²) in [5.74, 6) is -0.0162. The molecule has 100 valence electrons. The predicted molar refractivity (Wildman–Crippen MR) is 76.8 cm³/mol. The minimum Gasteiger partial charge on any atom is -0.317 e. The lowest BCUT2D eigenvalue weighted by Crippen LogP contribution is -2.53. The molecule has 0 spiro atoms. The van der Waals surface area contributed by atoms with E-state index in [2.05, 4.69) is 6.07 Å². The summed E-state index contributed by atoms with van der Waals surface area (Å²) in [7, 11) is 1.80. The third kappa shape index (κ3) is 2.91.